The summed E-state index contributed by atoms with van der Waals surface area (Å²) in [6, 6.07) is 18.1. The molecule has 0 amide bonds. The molecule has 0 bridgehead atoms. The predicted octanol–water partition coefficient (Wildman–Crippen LogP) is 9.42. The first kappa shape index (κ1) is 23.0. The summed E-state index contributed by atoms with van der Waals surface area (Å²) in [6.07, 6.45) is 16.6. The van der Waals surface area contributed by atoms with Crippen LogP contribution in [-0.4, -0.2) is 6.17 Å². The molecule has 0 heterocycles. The Bertz CT molecular complexity index is 692. The van der Waals surface area contributed by atoms with Gasteiger partial charge in [-0.1, -0.05) is 107 Å². The molecule has 0 aliphatic heterocycles. The first-order chi connectivity index (χ1) is 14.8. The highest BCUT2D eigenvalue weighted by Gasteiger charge is 2.21. The highest BCUT2D eigenvalue weighted by molar-refractivity contribution is 5.64. The zero-order chi connectivity index (χ0) is 21.0. The Labute approximate surface area is 184 Å². The largest absolute Gasteiger partial charge is 0.247 e. The van der Waals surface area contributed by atoms with Gasteiger partial charge in [-0.3, -0.25) is 0 Å². The second-order valence-corrected chi connectivity index (χ2v) is 9.35. The molecule has 1 aliphatic carbocycles. The fourth-order valence-electron chi connectivity index (χ4n) is 4.84. The first-order valence-corrected chi connectivity index (χ1v) is 12.6. The van der Waals surface area contributed by atoms with E-state index in [0.29, 0.717) is 5.92 Å². The molecular formula is C29H41F. The minimum atomic E-state index is -0.574. The Morgan fingerprint density at radius 3 is 1.70 bits per heavy atom. The number of unbranched alkanes of at least 4 members (excludes halogenated alkanes) is 8. The molecular weight excluding hydrogens is 367 g/mol. The van der Waals surface area contributed by atoms with Crippen LogP contribution < -0.4 is 0 Å². The van der Waals surface area contributed by atoms with Gasteiger partial charge in [0.2, 0.25) is 0 Å². The number of hydrogen-bond acceptors (Lipinski definition) is 0. The van der Waals surface area contributed by atoms with Gasteiger partial charge >= 0.3 is 0 Å². The second kappa shape index (κ2) is 12.9. The minimum Gasteiger partial charge on any atom is -0.247 e. The molecule has 0 N–H and O–H groups in total. The molecule has 0 spiro atoms. The van der Waals surface area contributed by atoms with Crippen LogP contribution in [0.4, 0.5) is 4.39 Å². The van der Waals surface area contributed by atoms with Crippen LogP contribution in [0.3, 0.4) is 0 Å². The summed E-state index contributed by atoms with van der Waals surface area (Å²) in [5.74, 6) is 0.546. The molecule has 0 nitrogen and oxygen atoms in total. The summed E-state index contributed by atoms with van der Waals surface area (Å²) in [6.45, 7) is 2.28. The van der Waals surface area contributed by atoms with E-state index in [1.165, 1.54) is 86.5 Å². The number of benzene rings is 2. The van der Waals surface area contributed by atoms with Crippen molar-refractivity contribution in [1.82, 2.24) is 0 Å². The minimum absolute atomic E-state index is 0.546. The third-order valence-electron chi connectivity index (χ3n) is 6.90. The molecule has 0 unspecified atom stereocenters. The van der Waals surface area contributed by atoms with Crippen LogP contribution >= 0.6 is 0 Å². The molecule has 0 atom stereocenters. The Balaban J connectivity index is 1.38. The molecule has 2 aromatic rings. The van der Waals surface area contributed by atoms with Crippen molar-refractivity contribution in [2.75, 3.05) is 0 Å². The standard InChI is InChI=1S/C29H41F/c1-2-3-4-5-6-7-8-9-10-11-24-12-14-25(15-13-24)26-16-18-27(19-17-26)28-20-22-29(30)23-21-28/h12-19,28-29H,2-11,20-23H2,1H3. The number of rotatable bonds is 12. The molecule has 1 aliphatic rings. The summed E-state index contributed by atoms with van der Waals surface area (Å²) in [4.78, 5) is 0. The van der Waals surface area contributed by atoms with Gasteiger partial charge in [0.15, 0.2) is 0 Å². The summed E-state index contributed by atoms with van der Waals surface area (Å²) in [5.41, 5.74) is 5.42. The maximum Gasteiger partial charge on any atom is 0.100 e. The van der Waals surface area contributed by atoms with E-state index in [2.05, 4.69) is 55.5 Å². The average Bonchev–Trinajstić information content (AvgIpc) is 2.79. The third kappa shape index (κ3) is 7.56. The third-order valence-corrected chi connectivity index (χ3v) is 6.90. The van der Waals surface area contributed by atoms with E-state index in [-0.39, 0.29) is 0 Å². The lowest BCUT2D eigenvalue weighted by molar-refractivity contribution is 0.235. The van der Waals surface area contributed by atoms with Crippen molar-refractivity contribution >= 4 is 0 Å². The van der Waals surface area contributed by atoms with Crippen LogP contribution in [0.15, 0.2) is 48.5 Å². The van der Waals surface area contributed by atoms with Crippen molar-refractivity contribution in [3.8, 4) is 11.1 Å². The van der Waals surface area contributed by atoms with Crippen LogP contribution in [0.1, 0.15) is 107 Å². The Morgan fingerprint density at radius 2 is 1.13 bits per heavy atom. The normalized spacial score (nSPS) is 19.1. The van der Waals surface area contributed by atoms with Crippen molar-refractivity contribution in [2.45, 2.75) is 109 Å². The van der Waals surface area contributed by atoms with Crippen LogP contribution in [0.25, 0.3) is 11.1 Å². The van der Waals surface area contributed by atoms with Crippen LogP contribution in [0, 0.1) is 0 Å². The number of halogens is 1. The van der Waals surface area contributed by atoms with E-state index in [9.17, 15) is 4.39 Å². The lowest BCUT2D eigenvalue weighted by Gasteiger charge is -2.24. The molecule has 30 heavy (non-hydrogen) atoms. The molecule has 0 aromatic heterocycles. The van der Waals surface area contributed by atoms with E-state index < -0.39 is 6.17 Å². The average molecular weight is 409 g/mol. The van der Waals surface area contributed by atoms with Gasteiger partial charge in [0, 0.05) is 0 Å². The fraction of sp³-hybridized carbons (Fsp3) is 0.586. The van der Waals surface area contributed by atoms with Gasteiger partial charge in [0.25, 0.3) is 0 Å². The molecule has 3 rings (SSSR count). The lowest BCUT2D eigenvalue weighted by atomic mass is 9.83. The van der Waals surface area contributed by atoms with Crippen molar-refractivity contribution in [2.24, 2.45) is 0 Å². The summed E-state index contributed by atoms with van der Waals surface area (Å²) in [5, 5.41) is 0. The highest BCUT2D eigenvalue weighted by atomic mass is 19.1. The zero-order valence-corrected chi connectivity index (χ0v) is 19.1. The van der Waals surface area contributed by atoms with Crippen molar-refractivity contribution in [3.05, 3.63) is 59.7 Å². The Morgan fingerprint density at radius 1 is 0.633 bits per heavy atom. The van der Waals surface area contributed by atoms with Crippen molar-refractivity contribution in [3.63, 3.8) is 0 Å². The van der Waals surface area contributed by atoms with E-state index in [1.807, 2.05) is 0 Å². The Hall–Kier alpha value is -1.63. The van der Waals surface area contributed by atoms with Gasteiger partial charge in [0.05, 0.1) is 0 Å². The molecule has 0 radical (unpaired) electrons. The second-order valence-electron chi connectivity index (χ2n) is 9.35. The monoisotopic (exact) mass is 408 g/mol. The quantitative estimate of drug-likeness (QED) is 0.307. The van der Waals surface area contributed by atoms with Gasteiger partial charge in [-0.15, -0.1) is 0 Å². The van der Waals surface area contributed by atoms with Crippen molar-refractivity contribution < 1.29 is 4.39 Å². The Kier molecular flexibility index (Phi) is 9.93. The maximum absolute atomic E-state index is 13.4. The van der Waals surface area contributed by atoms with E-state index >= 15 is 0 Å². The summed E-state index contributed by atoms with van der Waals surface area (Å²) in [7, 11) is 0. The van der Waals surface area contributed by atoms with Crippen molar-refractivity contribution in [1.29, 1.82) is 0 Å². The van der Waals surface area contributed by atoms with E-state index in [1.54, 1.807) is 0 Å². The van der Waals surface area contributed by atoms with Gasteiger partial charge < -0.3 is 0 Å². The van der Waals surface area contributed by atoms with Crippen LogP contribution in [0.2, 0.25) is 0 Å². The number of aryl methyl sites for hydroxylation is 1. The first-order valence-electron chi connectivity index (χ1n) is 12.6. The molecule has 0 saturated heterocycles. The van der Waals surface area contributed by atoms with Gasteiger partial charge in [-0.25, -0.2) is 4.39 Å². The van der Waals surface area contributed by atoms with Gasteiger partial charge in [0.1, 0.15) is 6.17 Å². The molecule has 164 valence electrons. The number of hydrogen-bond donors (Lipinski definition) is 0. The van der Waals surface area contributed by atoms with Crippen LogP contribution in [0.5, 0.6) is 0 Å². The lowest BCUT2D eigenvalue weighted by Crippen LogP contribution is -2.13. The van der Waals surface area contributed by atoms with Gasteiger partial charge in [-0.05, 0) is 66.7 Å². The zero-order valence-electron chi connectivity index (χ0n) is 19.1. The number of alkyl halides is 1. The smallest absolute Gasteiger partial charge is 0.100 e. The predicted molar refractivity (Wildman–Crippen MR) is 129 cm³/mol. The maximum atomic E-state index is 13.4. The molecule has 1 saturated carbocycles. The summed E-state index contributed by atoms with van der Waals surface area (Å²) >= 11 is 0. The van der Waals surface area contributed by atoms with E-state index in [4.69, 9.17) is 0 Å². The SMILES string of the molecule is CCCCCCCCCCCc1ccc(-c2ccc(C3CCC(F)CC3)cc2)cc1. The molecule has 1 heteroatoms. The van der Waals surface area contributed by atoms with Crippen LogP contribution in [-0.2, 0) is 6.42 Å². The topological polar surface area (TPSA) is 0 Å². The molecule has 1 fully saturated rings. The van der Waals surface area contributed by atoms with Gasteiger partial charge in [-0.2, -0.15) is 0 Å². The molecule has 2 aromatic carbocycles. The highest BCUT2D eigenvalue weighted by Crippen LogP contribution is 2.35. The summed E-state index contributed by atoms with van der Waals surface area (Å²) < 4.78 is 13.4. The fourth-order valence-corrected chi connectivity index (χ4v) is 4.84. The van der Waals surface area contributed by atoms with E-state index in [0.717, 1.165) is 25.7 Å².